The highest BCUT2D eigenvalue weighted by Crippen LogP contribution is 2.29. The third kappa shape index (κ3) is 4.52. The number of carbonyl (C=O) groups is 1. The zero-order chi connectivity index (χ0) is 20.9. The number of nitrogens with zero attached hydrogens (tertiary/aromatic N) is 2. The molecular weight excluding hydrogens is 404 g/mol. The maximum absolute atomic E-state index is 13.5. The van der Waals surface area contributed by atoms with Gasteiger partial charge < -0.3 is 5.32 Å². The summed E-state index contributed by atoms with van der Waals surface area (Å²) in [5, 5.41) is 3.02. The van der Waals surface area contributed by atoms with Crippen molar-refractivity contribution in [1.82, 2.24) is 9.55 Å². The SMILES string of the molecule is O=C(CSc1nc2ccccc2n1C(F)F)Nc1ccccc1Cc1ccccc1. The Kier molecular flexibility index (Phi) is 6.09. The molecule has 0 fully saturated rings. The second-order valence-electron chi connectivity index (χ2n) is 6.69. The molecule has 152 valence electrons. The lowest BCUT2D eigenvalue weighted by Gasteiger charge is -2.11. The van der Waals surface area contributed by atoms with Gasteiger partial charge in [0, 0.05) is 5.69 Å². The Balaban J connectivity index is 1.46. The summed E-state index contributed by atoms with van der Waals surface area (Å²) in [5.41, 5.74) is 3.67. The molecule has 0 aliphatic heterocycles. The highest BCUT2D eigenvalue weighted by molar-refractivity contribution is 7.99. The van der Waals surface area contributed by atoms with E-state index in [9.17, 15) is 13.6 Å². The number of fused-ring (bicyclic) bond motifs is 1. The molecule has 0 bridgehead atoms. The molecule has 0 saturated carbocycles. The number of imidazole rings is 1. The molecule has 0 aliphatic rings. The summed E-state index contributed by atoms with van der Waals surface area (Å²) in [6.07, 6.45) is 0.686. The molecule has 3 aromatic carbocycles. The number of alkyl halides is 2. The van der Waals surface area contributed by atoms with Crippen LogP contribution < -0.4 is 5.32 Å². The van der Waals surface area contributed by atoms with Gasteiger partial charge in [0.25, 0.3) is 0 Å². The topological polar surface area (TPSA) is 46.9 Å². The number of carbonyl (C=O) groups excluding carboxylic acids is 1. The lowest BCUT2D eigenvalue weighted by Crippen LogP contribution is -2.16. The summed E-state index contributed by atoms with van der Waals surface area (Å²) < 4.78 is 27.9. The van der Waals surface area contributed by atoms with Crippen LogP contribution in [0.5, 0.6) is 0 Å². The molecule has 0 saturated heterocycles. The van der Waals surface area contributed by atoms with Crippen LogP contribution in [0.2, 0.25) is 0 Å². The van der Waals surface area contributed by atoms with Gasteiger partial charge in [-0.15, -0.1) is 0 Å². The van der Waals surface area contributed by atoms with E-state index in [1.54, 1.807) is 24.3 Å². The van der Waals surface area contributed by atoms with E-state index in [-0.39, 0.29) is 16.8 Å². The number of amides is 1. The standard InChI is InChI=1S/C23H19F2N3OS/c24-22(25)28-20-13-7-6-12-19(20)27-23(28)30-15-21(29)26-18-11-5-4-10-17(18)14-16-8-2-1-3-9-16/h1-13,22H,14-15H2,(H,26,29). The fourth-order valence-electron chi connectivity index (χ4n) is 3.24. The molecular formula is C23H19F2N3OS. The van der Waals surface area contributed by atoms with E-state index in [2.05, 4.69) is 10.3 Å². The molecule has 0 radical (unpaired) electrons. The van der Waals surface area contributed by atoms with E-state index >= 15 is 0 Å². The number of hydrogen-bond acceptors (Lipinski definition) is 3. The van der Waals surface area contributed by atoms with Crippen LogP contribution in [0.15, 0.2) is 84.0 Å². The van der Waals surface area contributed by atoms with E-state index in [1.165, 1.54) is 0 Å². The van der Waals surface area contributed by atoms with E-state index < -0.39 is 6.55 Å². The Hall–Kier alpha value is -3.19. The molecule has 1 aromatic heterocycles. The smallest absolute Gasteiger partial charge is 0.321 e. The van der Waals surface area contributed by atoms with Gasteiger partial charge in [-0.1, -0.05) is 72.4 Å². The van der Waals surface area contributed by atoms with E-state index in [0.29, 0.717) is 23.1 Å². The minimum absolute atomic E-state index is 0.0181. The lowest BCUT2D eigenvalue weighted by atomic mass is 10.0. The Labute approximate surface area is 176 Å². The normalized spacial score (nSPS) is 11.2. The van der Waals surface area contributed by atoms with E-state index in [0.717, 1.165) is 27.5 Å². The summed E-state index contributed by atoms with van der Waals surface area (Å²) >= 11 is 0.998. The number of thioether (sulfide) groups is 1. The molecule has 1 N–H and O–H groups in total. The van der Waals surface area contributed by atoms with Crippen molar-refractivity contribution in [1.29, 1.82) is 0 Å². The van der Waals surface area contributed by atoms with Crippen LogP contribution in [0, 0.1) is 0 Å². The largest absolute Gasteiger partial charge is 0.325 e. The first kappa shape index (κ1) is 20.1. The number of para-hydroxylation sites is 3. The zero-order valence-electron chi connectivity index (χ0n) is 16.0. The highest BCUT2D eigenvalue weighted by Gasteiger charge is 2.19. The quantitative estimate of drug-likeness (QED) is 0.385. The Morgan fingerprint density at radius 3 is 2.47 bits per heavy atom. The minimum atomic E-state index is -2.73. The number of benzene rings is 3. The summed E-state index contributed by atoms with van der Waals surface area (Å²) in [4.78, 5) is 16.8. The van der Waals surface area contributed by atoms with Gasteiger partial charge in [-0.3, -0.25) is 9.36 Å². The predicted octanol–water partition coefficient (Wildman–Crippen LogP) is 5.75. The van der Waals surface area contributed by atoms with Crippen LogP contribution in [0.3, 0.4) is 0 Å². The Morgan fingerprint density at radius 2 is 1.67 bits per heavy atom. The van der Waals surface area contributed by atoms with Crippen molar-refractivity contribution >= 4 is 34.4 Å². The molecule has 4 nitrogen and oxygen atoms in total. The summed E-state index contributed by atoms with van der Waals surface area (Å²) in [6, 6.07) is 24.3. The van der Waals surface area contributed by atoms with Gasteiger partial charge in [-0.05, 0) is 35.7 Å². The Morgan fingerprint density at radius 1 is 0.967 bits per heavy atom. The van der Waals surface area contributed by atoms with Gasteiger partial charge >= 0.3 is 6.55 Å². The number of anilines is 1. The van der Waals surface area contributed by atoms with E-state index in [1.807, 2.05) is 54.6 Å². The highest BCUT2D eigenvalue weighted by atomic mass is 32.2. The van der Waals surface area contributed by atoms with Crippen molar-refractivity contribution in [3.63, 3.8) is 0 Å². The summed E-state index contributed by atoms with van der Waals surface area (Å²) in [6.45, 7) is -2.73. The van der Waals surface area contributed by atoms with Crippen molar-refractivity contribution in [2.45, 2.75) is 18.1 Å². The van der Waals surface area contributed by atoms with Crippen molar-refractivity contribution < 1.29 is 13.6 Å². The molecule has 30 heavy (non-hydrogen) atoms. The summed E-state index contributed by atoms with van der Waals surface area (Å²) in [5.74, 6) is -0.288. The van der Waals surface area contributed by atoms with Crippen molar-refractivity contribution in [3.05, 3.63) is 90.0 Å². The van der Waals surface area contributed by atoms with Gasteiger partial charge in [0.15, 0.2) is 5.16 Å². The second-order valence-corrected chi connectivity index (χ2v) is 7.63. The van der Waals surface area contributed by atoms with Crippen LogP contribution in [0.25, 0.3) is 11.0 Å². The maximum Gasteiger partial charge on any atom is 0.321 e. The maximum atomic E-state index is 13.5. The second kappa shape index (κ2) is 9.09. The van der Waals surface area contributed by atoms with Crippen molar-refractivity contribution in [2.75, 3.05) is 11.1 Å². The molecule has 0 spiro atoms. The fourth-order valence-corrected chi connectivity index (χ4v) is 4.05. The van der Waals surface area contributed by atoms with Crippen LogP contribution in [0.1, 0.15) is 17.7 Å². The molecule has 0 aliphatic carbocycles. The van der Waals surface area contributed by atoms with Crippen molar-refractivity contribution in [3.8, 4) is 0 Å². The van der Waals surface area contributed by atoms with Crippen LogP contribution in [0.4, 0.5) is 14.5 Å². The number of nitrogens with one attached hydrogen (secondary N) is 1. The lowest BCUT2D eigenvalue weighted by molar-refractivity contribution is -0.113. The average molecular weight is 423 g/mol. The van der Waals surface area contributed by atoms with E-state index in [4.69, 9.17) is 0 Å². The van der Waals surface area contributed by atoms with Gasteiger partial charge in [-0.2, -0.15) is 8.78 Å². The number of rotatable bonds is 7. The third-order valence-electron chi connectivity index (χ3n) is 4.62. The van der Waals surface area contributed by atoms with Crippen LogP contribution >= 0.6 is 11.8 Å². The number of aromatic nitrogens is 2. The fraction of sp³-hybridized carbons (Fsp3) is 0.130. The number of hydrogen-bond donors (Lipinski definition) is 1. The molecule has 0 unspecified atom stereocenters. The molecule has 7 heteroatoms. The minimum Gasteiger partial charge on any atom is -0.325 e. The molecule has 1 amide bonds. The van der Waals surface area contributed by atoms with Gasteiger partial charge in [-0.25, -0.2) is 4.98 Å². The monoisotopic (exact) mass is 423 g/mol. The Bertz CT molecular complexity index is 1160. The average Bonchev–Trinajstić information content (AvgIpc) is 3.13. The predicted molar refractivity (Wildman–Crippen MR) is 116 cm³/mol. The van der Waals surface area contributed by atoms with Gasteiger partial charge in [0.1, 0.15) is 0 Å². The third-order valence-corrected chi connectivity index (χ3v) is 5.57. The first-order chi connectivity index (χ1) is 14.6. The first-order valence-electron chi connectivity index (χ1n) is 9.41. The number of halogens is 2. The first-order valence-corrected chi connectivity index (χ1v) is 10.4. The van der Waals surface area contributed by atoms with Gasteiger partial charge in [0.2, 0.25) is 5.91 Å². The molecule has 1 heterocycles. The van der Waals surface area contributed by atoms with Gasteiger partial charge in [0.05, 0.1) is 16.8 Å². The molecule has 4 rings (SSSR count). The van der Waals surface area contributed by atoms with Crippen LogP contribution in [-0.4, -0.2) is 21.2 Å². The van der Waals surface area contributed by atoms with Crippen LogP contribution in [-0.2, 0) is 11.2 Å². The van der Waals surface area contributed by atoms with Crippen molar-refractivity contribution in [2.24, 2.45) is 0 Å². The zero-order valence-corrected chi connectivity index (χ0v) is 16.8. The molecule has 0 atom stereocenters. The molecule has 4 aromatic rings. The summed E-state index contributed by atoms with van der Waals surface area (Å²) in [7, 11) is 0.